The molecule has 0 bridgehead atoms. The molecule has 0 unspecified atom stereocenters. The molecule has 0 saturated heterocycles. The quantitative estimate of drug-likeness (QED) is 0.182. The summed E-state index contributed by atoms with van der Waals surface area (Å²) in [6.45, 7) is 0. The van der Waals surface area contributed by atoms with Crippen LogP contribution in [-0.2, 0) is 30.4 Å². The smallest absolute Gasteiger partial charge is 0.316 e. The summed E-state index contributed by atoms with van der Waals surface area (Å²) < 4.78 is 94.8. The van der Waals surface area contributed by atoms with Gasteiger partial charge in [-0.3, -0.25) is 13.7 Å². The van der Waals surface area contributed by atoms with Crippen LogP contribution in [0.2, 0.25) is 0 Å². The van der Waals surface area contributed by atoms with Crippen LogP contribution in [0.4, 0.5) is 21.9 Å². The first-order valence-electron chi connectivity index (χ1n) is 8.61. The lowest BCUT2D eigenvalue weighted by Gasteiger charge is -2.10. The lowest BCUT2D eigenvalue weighted by atomic mass is 10.1. The van der Waals surface area contributed by atoms with Crippen LogP contribution in [0.5, 0.6) is 0 Å². The Morgan fingerprint density at radius 1 is 0.765 bits per heavy atom. The number of nitrogen functional groups attached to an aromatic ring is 2. The van der Waals surface area contributed by atoms with E-state index in [0.717, 1.165) is 12.1 Å². The van der Waals surface area contributed by atoms with Gasteiger partial charge in [0.15, 0.2) is 0 Å². The van der Waals surface area contributed by atoms with Crippen molar-refractivity contribution in [3.05, 3.63) is 48.5 Å². The number of benzene rings is 3. The van der Waals surface area contributed by atoms with Crippen molar-refractivity contribution in [2.45, 2.75) is 14.7 Å². The second-order valence-electron chi connectivity index (χ2n) is 6.57. The van der Waals surface area contributed by atoms with E-state index >= 15 is 0 Å². The summed E-state index contributed by atoms with van der Waals surface area (Å²) in [5.74, 6) is 0. The molecule has 0 heterocycles. The summed E-state index contributed by atoms with van der Waals surface area (Å²) in [7, 11) is -14.5. The molecule has 0 aliphatic heterocycles. The summed E-state index contributed by atoms with van der Waals surface area (Å²) >= 11 is 0. The van der Waals surface area contributed by atoms with Crippen LogP contribution in [-0.4, -0.2) is 44.9 Å². The van der Waals surface area contributed by atoms with Crippen LogP contribution in [0.15, 0.2) is 63.2 Å². The molecule has 0 radical (unpaired) electrons. The number of primary amides is 1. The van der Waals surface area contributed by atoms with E-state index in [0.29, 0.717) is 23.5 Å². The molecule has 0 aliphatic carbocycles. The highest BCUT2D eigenvalue weighted by Gasteiger charge is 2.23. The fraction of sp³-hybridized carbons (Fsp3) is 0. The molecule has 0 atom stereocenters. The van der Waals surface area contributed by atoms with Crippen molar-refractivity contribution in [2.24, 2.45) is 5.73 Å². The molecule has 0 aromatic heterocycles. The van der Waals surface area contributed by atoms with Gasteiger partial charge in [-0.25, -0.2) is 4.79 Å². The zero-order valence-corrected chi connectivity index (χ0v) is 19.2. The van der Waals surface area contributed by atoms with E-state index in [4.69, 9.17) is 26.3 Å². The third-order valence-corrected chi connectivity index (χ3v) is 6.66. The fourth-order valence-electron chi connectivity index (χ4n) is 2.69. The molecular formula is C17H18N4O10S3. The summed E-state index contributed by atoms with van der Waals surface area (Å²) in [5.41, 5.74) is 16.4. The van der Waals surface area contributed by atoms with Gasteiger partial charge in [0, 0.05) is 16.8 Å². The molecule has 184 valence electrons. The van der Waals surface area contributed by atoms with Crippen molar-refractivity contribution in [3.63, 3.8) is 0 Å². The van der Waals surface area contributed by atoms with Gasteiger partial charge in [0.05, 0.1) is 10.6 Å². The molecular weight excluding hydrogens is 516 g/mol. The molecule has 2 amide bonds. The SMILES string of the molecule is NC(=O)Nc1cccc(N)c1.Nc1cc2c(S(=O)(=O)O)cc(S(=O)(=O)O)cc2cc1S(=O)(=O)O. The molecule has 3 aromatic carbocycles. The molecule has 0 fully saturated rings. The second kappa shape index (κ2) is 9.41. The number of fused-ring (bicyclic) bond motifs is 1. The van der Waals surface area contributed by atoms with E-state index in [9.17, 15) is 34.6 Å². The van der Waals surface area contributed by atoms with Gasteiger partial charge in [0.1, 0.15) is 9.79 Å². The Bertz CT molecular complexity index is 1600. The lowest BCUT2D eigenvalue weighted by Crippen LogP contribution is -2.19. The Labute approximate surface area is 193 Å². The number of rotatable bonds is 4. The number of anilines is 3. The zero-order chi connectivity index (χ0) is 26.1. The lowest BCUT2D eigenvalue weighted by molar-refractivity contribution is 0.259. The minimum Gasteiger partial charge on any atom is -0.399 e. The Morgan fingerprint density at radius 3 is 1.82 bits per heavy atom. The summed E-state index contributed by atoms with van der Waals surface area (Å²) in [5, 5.41) is 1.79. The monoisotopic (exact) mass is 534 g/mol. The zero-order valence-electron chi connectivity index (χ0n) is 16.8. The van der Waals surface area contributed by atoms with Gasteiger partial charge in [-0.05, 0) is 47.9 Å². The van der Waals surface area contributed by atoms with Crippen LogP contribution in [0, 0.1) is 0 Å². The van der Waals surface area contributed by atoms with Gasteiger partial charge in [-0.15, -0.1) is 0 Å². The van der Waals surface area contributed by atoms with E-state index in [2.05, 4.69) is 5.32 Å². The number of hydrogen-bond acceptors (Lipinski definition) is 9. The number of carbonyl (C=O) groups excluding carboxylic acids is 1. The molecule has 17 heteroatoms. The van der Waals surface area contributed by atoms with Crippen molar-refractivity contribution in [2.75, 3.05) is 16.8 Å². The predicted molar refractivity (Wildman–Crippen MR) is 122 cm³/mol. The predicted octanol–water partition coefficient (Wildman–Crippen LogP) is 0.922. The molecule has 0 saturated carbocycles. The van der Waals surface area contributed by atoms with Gasteiger partial charge in [-0.1, -0.05) is 6.07 Å². The minimum atomic E-state index is -4.92. The Morgan fingerprint density at radius 2 is 1.35 bits per heavy atom. The van der Waals surface area contributed by atoms with E-state index in [1.54, 1.807) is 24.3 Å². The minimum absolute atomic E-state index is 0.301. The first-order valence-corrected chi connectivity index (χ1v) is 12.9. The fourth-order valence-corrected chi connectivity index (χ4v) is 4.67. The number of nitrogens with two attached hydrogens (primary N) is 3. The van der Waals surface area contributed by atoms with Gasteiger partial charge in [0.2, 0.25) is 0 Å². The molecule has 0 aliphatic rings. The number of nitrogens with one attached hydrogen (secondary N) is 1. The summed E-state index contributed by atoms with van der Waals surface area (Å²) in [6.07, 6.45) is 0. The molecule has 3 aromatic rings. The van der Waals surface area contributed by atoms with E-state index in [-0.39, 0.29) is 10.8 Å². The summed E-state index contributed by atoms with van der Waals surface area (Å²) in [4.78, 5) is 7.75. The number of hydrogen-bond donors (Lipinski definition) is 7. The highest BCUT2D eigenvalue weighted by atomic mass is 32.2. The average molecular weight is 535 g/mol. The van der Waals surface area contributed by atoms with E-state index in [1.807, 2.05) is 0 Å². The number of amides is 2. The Balaban J connectivity index is 0.000000310. The maximum absolute atomic E-state index is 11.4. The Kier molecular flexibility index (Phi) is 7.41. The van der Waals surface area contributed by atoms with Gasteiger partial charge in [-0.2, -0.15) is 25.3 Å². The van der Waals surface area contributed by atoms with E-state index in [1.165, 1.54) is 0 Å². The van der Waals surface area contributed by atoms with Crippen molar-refractivity contribution in [1.29, 1.82) is 0 Å². The first kappa shape index (κ1) is 26.8. The van der Waals surface area contributed by atoms with Gasteiger partial charge >= 0.3 is 6.03 Å². The van der Waals surface area contributed by atoms with Crippen LogP contribution in [0.25, 0.3) is 10.8 Å². The number of carbonyl (C=O) groups is 1. The maximum atomic E-state index is 11.4. The molecule has 34 heavy (non-hydrogen) atoms. The van der Waals surface area contributed by atoms with Crippen molar-refractivity contribution in [3.8, 4) is 0 Å². The standard InChI is InChI=1S/C10H9NO9S3.C7H9N3O/c11-8-4-7-5(2-10(8)23(18,19)20)1-6(21(12,13)14)3-9(7)22(15,16)17;8-5-2-1-3-6(4-5)10-7(9)11/h1-4H,11H2,(H,12,13,14)(H,15,16,17)(H,18,19,20);1-4H,8H2,(H3,9,10,11). The number of urea groups is 1. The van der Waals surface area contributed by atoms with Crippen LogP contribution in [0.1, 0.15) is 0 Å². The summed E-state index contributed by atoms with van der Waals surface area (Å²) in [6, 6.07) is 9.00. The Hall–Kier alpha value is -3.48. The molecule has 3 rings (SSSR count). The maximum Gasteiger partial charge on any atom is 0.316 e. The van der Waals surface area contributed by atoms with Crippen LogP contribution >= 0.6 is 0 Å². The third-order valence-electron chi connectivity index (χ3n) is 4.03. The highest BCUT2D eigenvalue weighted by molar-refractivity contribution is 7.87. The van der Waals surface area contributed by atoms with Crippen LogP contribution < -0.4 is 22.5 Å². The normalized spacial score (nSPS) is 12.0. The largest absolute Gasteiger partial charge is 0.399 e. The van der Waals surface area contributed by atoms with E-state index < -0.39 is 56.8 Å². The molecule has 0 spiro atoms. The molecule has 10 N–H and O–H groups in total. The topological polar surface area (TPSA) is 270 Å². The average Bonchev–Trinajstić information content (AvgIpc) is 2.64. The molecule has 14 nitrogen and oxygen atoms in total. The van der Waals surface area contributed by atoms with Gasteiger partial charge in [0.25, 0.3) is 30.4 Å². The van der Waals surface area contributed by atoms with Crippen molar-refractivity contribution >= 4 is 64.2 Å². The van der Waals surface area contributed by atoms with Gasteiger partial charge < -0.3 is 22.5 Å². The van der Waals surface area contributed by atoms with Crippen LogP contribution in [0.3, 0.4) is 0 Å². The van der Waals surface area contributed by atoms with Crippen molar-refractivity contribution in [1.82, 2.24) is 0 Å². The highest BCUT2D eigenvalue weighted by Crippen LogP contribution is 2.32. The van der Waals surface area contributed by atoms with Crippen molar-refractivity contribution < 1.29 is 43.7 Å². The first-order chi connectivity index (χ1) is 15.4. The second-order valence-corrected chi connectivity index (χ2v) is 10.8. The third kappa shape index (κ3) is 6.76.